The lowest BCUT2D eigenvalue weighted by Crippen LogP contribution is -2.36. The van der Waals surface area contributed by atoms with E-state index in [4.69, 9.17) is 24.9 Å². The highest BCUT2D eigenvalue weighted by Gasteiger charge is 2.49. The molecule has 4 unspecified atom stereocenters. The molecule has 0 spiro atoms. The number of hydrogen-bond donors (Lipinski definition) is 0. The van der Waals surface area contributed by atoms with Crippen LogP contribution in [0, 0.1) is 27.7 Å². The van der Waals surface area contributed by atoms with Crippen LogP contribution in [0.2, 0.25) is 0 Å². The number of aryl methyl sites for hydroxylation is 4. The van der Waals surface area contributed by atoms with Crippen LogP contribution >= 0.6 is 0 Å². The first-order chi connectivity index (χ1) is 51.8. The molecule has 12 aromatic rings. The summed E-state index contributed by atoms with van der Waals surface area (Å²) in [6.45, 7) is 36.0. The van der Waals surface area contributed by atoms with Crippen LogP contribution in [0.25, 0.3) is 0 Å². The highest BCUT2D eigenvalue weighted by atomic mass is 15.5. The van der Waals surface area contributed by atoms with Crippen LogP contribution < -0.4 is 39.2 Å². The van der Waals surface area contributed by atoms with Gasteiger partial charge in [0.1, 0.15) is 24.7 Å². The van der Waals surface area contributed by atoms with Crippen molar-refractivity contribution in [2.24, 2.45) is 0 Å². The molecule has 0 saturated heterocycles. The van der Waals surface area contributed by atoms with E-state index >= 15 is 0 Å². The summed E-state index contributed by atoms with van der Waals surface area (Å²) in [7, 11) is 0. The van der Waals surface area contributed by atoms with E-state index in [2.05, 4.69) is 338 Å². The van der Waals surface area contributed by atoms with Crippen LogP contribution in [-0.4, -0.2) is 49.6 Å². The van der Waals surface area contributed by atoms with Gasteiger partial charge >= 0.3 is 0 Å². The fourth-order valence-corrected chi connectivity index (χ4v) is 17.5. The summed E-state index contributed by atoms with van der Waals surface area (Å²) in [6, 6.07) is 75.0. The van der Waals surface area contributed by atoms with Gasteiger partial charge in [-0.2, -0.15) is 0 Å². The lowest BCUT2D eigenvalue weighted by atomic mass is 9.86. The lowest BCUT2D eigenvalue weighted by molar-refractivity contribution is 0.589. The van der Waals surface area contributed by atoms with E-state index in [-0.39, 0.29) is 46.3 Å². The molecule has 13 heteroatoms. The third-order valence-corrected chi connectivity index (χ3v) is 23.2. The number of pyridine rings is 3. The standard InChI is InChI=1S/3C24H25N3.C23H24N4/c1-16-8-5-6-9-19(16)27-22-15-17-14-18(24(2,3)4)11-12-20(17)26(22)21-10-7-13-25-23(21)27;1-16-8-5-6-9-19(16)27-22-14-17-11-12-18(24(2,3)4)15-21(17)26(22)20-10-7-13-25-23(20)27;1-16-8-5-6-9-19(16)26-20-10-7-13-25-23(20)27-21-15-18(24(2,3)4)12-11-17(21)14-22(26)27;1-15-7-5-6-8-18(15)26-20-14-16-13-17(23(2,3)4)9-10-19(16)27(20)22-21(26)24-11-12-25-22/h5-14,22H,15H2,1-4H3;2*5-13,15,22H,14H2,1-4H3;5-13,20H,14H2,1-4H3. The van der Waals surface area contributed by atoms with Gasteiger partial charge in [-0.15, -0.1) is 0 Å². The normalized spacial score (nSPS) is 17.7. The minimum Gasteiger partial charge on any atom is -0.316 e. The van der Waals surface area contributed by atoms with Gasteiger partial charge in [0.25, 0.3) is 0 Å². The van der Waals surface area contributed by atoms with Crippen molar-refractivity contribution in [3.8, 4) is 0 Å². The van der Waals surface area contributed by atoms with Crippen molar-refractivity contribution in [1.82, 2.24) is 24.9 Å². The Morgan fingerprint density at radius 2 is 0.472 bits per heavy atom. The lowest BCUT2D eigenvalue weighted by Gasteiger charge is -2.29. The van der Waals surface area contributed by atoms with E-state index in [0.29, 0.717) is 0 Å². The molecule has 0 saturated carbocycles. The topological polar surface area (TPSA) is 90.4 Å². The number of hydrogen-bond acceptors (Lipinski definition) is 13. The largest absolute Gasteiger partial charge is 0.316 e. The number of para-hydroxylation sites is 4. The van der Waals surface area contributed by atoms with Gasteiger partial charge in [-0.1, -0.05) is 204 Å². The summed E-state index contributed by atoms with van der Waals surface area (Å²) in [5.41, 5.74) is 30.6. The molecule has 0 radical (unpaired) electrons. The summed E-state index contributed by atoms with van der Waals surface area (Å²) in [5.74, 6) is 5.08. The summed E-state index contributed by atoms with van der Waals surface area (Å²) >= 11 is 0. The second-order valence-corrected chi connectivity index (χ2v) is 34.5. The number of fused-ring (bicyclic) bond motifs is 20. The number of rotatable bonds is 4. The van der Waals surface area contributed by atoms with Crippen molar-refractivity contribution >= 4 is 91.7 Å². The molecule has 0 N–H and O–H groups in total. The second kappa shape index (κ2) is 26.3. The van der Waals surface area contributed by atoms with Crippen LogP contribution in [-0.2, 0) is 47.3 Å². The zero-order valence-corrected chi connectivity index (χ0v) is 65.5. The van der Waals surface area contributed by atoms with Crippen LogP contribution in [0.3, 0.4) is 0 Å². The molecule has 13 nitrogen and oxygen atoms in total. The van der Waals surface area contributed by atoms with E-state index in [1.165, 1.54) is 129 Å². The molecule has 0 amide bonds. The Balaban J connectivity index is 0.000000105. The van der Waals surface area contributed by atoms with Gasteiger partial charge in [0.15, 0.2) is 29.1 Å². The summed E-state index contributed by atoms with van der Waals surface area (Å²) < 4.78 is 0. The van der Waals surface area contributed by atoms with E-state index in [1.807, 2.05) is 36.8 Å². The summed E-state index contributed by atoms with van der Waals surface area (Å²) in [6.07, 6.45) is 14.2. The summed E-state index contributed by atoms with van der Waals surface area (Å²) in [4.78, 5) is 43.1. The first kappa shape index (κ1) is 69.7. The van der Waals surface area contributed by atoms with Crippen molar-refractivity contribution in [1.29, 1.82) is 0 Å². The molecule has 8 aliphatic rings. The number of anilines is 16. The molecule has 0 fully saturated rings. The maximum Gasteiger partial charge on any atom is 0.178 e. The van der Waals surface area contributed by atoms with E-state index < -0.39 is 0 Å². The maximum absolute atomic E-state index is 4.78. The monoisotopic (exact) mass is 1420 g/mol. The maximum atomic E-state index is 4.78. The molecule has 12 heterocycles. The third kappa shape index (κ3) is 11.9. The predicted octanol–water partition coefficient (Wildman–Crippen LogP) is 22.8. The minimum absolute atomic E-state index is 0.134. The van der Waals surface area contributed by atoms with Gasteiger partial charge < -0.3 is 39.2 Å². The first-order valence-electron chi connectivity index (χ1n) is 38.6. The number of nitrogens with zero attached hydrogens (tertiary/aromatic N) is 13. The fourth-order valence-electron chi connectivity index (χ4n) is 17.5. The number of aromatic nitrogens is 5. The minimum atomic E-state index is 0.134. The van der Waals surface area contributed by atoms with Crippen molar-refractivity contribution < 1.29 is 0 Å². The third-order valence-electron chi connectivity index (χ3n) is 23.2. The highest BCUT2D eigenvalue weighted by Crippen LogP contribution is 2.58. The molecular weight excluding hydrogens is 1320 g/mol. The predicted molar refractivity (Wildman–Crippen MR) is 447 cm³/mol. The molecule has 4 aromatic heterocycles. The van der Waals surface area contributed by atoms with Gasteiger partial charge in [0.05, 0.1) is 17.1 Å². The Hall–Kier alpha value is -11.3. The van der Waals surface area contributed by atoms with E-state index in [1.54, 1.807) is 12.4 Å². The molecule has 4 atom stereocenters. The van der Waals surface area contributed by atoms with Crippen LogP contribution in [0.15, 0.2) is 237 Å². The smallest absolute Gasteiger partial charge is 0.178 e. The van der Waals surface area contributed by atoms with Crippen molar-refractivity contribution in [2.45, 2.75) is 183 Å². The molecule has 108 heavy (non-hydrogen) atoms. The molecule has 0 bridgehead atoms. The Labute approximate surface area is 638 Å². The van der Waals surface area contributed by atoms with E-state index in [0.717, 1.165) is 54.8 Å². The van der Waals surface area contributed by atoms with Gasteiger partial charge in [0.2, 0.25) is 0 Å². The van der Waals surface area contributed by atoms with Gasteiger partial charge in [-0.3, -0.25) is 0 Å². The van der Waals surface area contributed by atoms with Crippen LogP contribution in [0.4, 0.5) is 91.7 Å². The fraction of sp³-hybridized carbons (Fsp3) is 0.295. The molecule has 8 aromatic carbocycles. The number of benzene rings is 8. The van der Waals surface area contributed by atoms with Crippen LogP contribution in [0.1, 0.15) is 150 Å². The van der Waals surface area contributed by atoms with Crippen LogP contribution in [0.5, 0.6) is 0 Å². The molecule has 0 aliphatic carbocycles. The van der Waals surface area contributed by atoms with Gasteiger partial charge in [0, 0.05) is 102 Å². The highest BCUT2D eigenvalue weighted by molar-refractivity contribution is 5.93. The Morgan fingerprint density at radius 1 is 0.222 bits per heavy atom. The summed E-state index contributed by atoms with van der Waals surface area (Å²) in [5, 5.41) is 0. The molecular formula is C95H99N13. The zero-order chi connectivity index (χ0) is 75.0. The molecule has 8 aliphatic heterocycles. The van der Waals surface area contributed by atoms with Gasteiger partial charge in [-0.25, -0.2) is 24.9 Å². The average molecular weight is 1420 g/mol. The van der Waals surface area contributed by atoms with Crippen molar-refractivity contribution in [3.63, 3.8) is 0 Å². The zero-order valence-electron chi connectivity index (χ0n) is 65.5. The van der Waals surface area contributed by atoms with Gasteiger partial charge in [-0.05, 0) is 201 Å². The first-order valence-corrected chi connectivity index (χ1v) is 38.6. The van der Waals surface area contributed by atoms with Crippen molar-refractivity contribution in [3.05, 3.63) is 304 Å². The second-order valence-electron chi connectivity index (χ2n) is 34.5. The molecule has 544 valence electrons. The van der Waals surface area contributed by atoms with Crippen molar-refractivity contribution in [2.75, 3.05) is 39.2 Å². The Kier molecular flexibility index (Phi) is 17.0. The average Bonchev–Trinajstić information content (AvgIpc) is 1.58. The quantitative estimate of drug-likeness (QED) is 0.168. The SMILES string of the molecule is Cc1ccccc1N1c2cccnc2N2c3cc(C(C)(C)C)ccc3CC12.Cc1ccccc1N1c2ncccc2N2c3cc(C(C)(C)C)ccc3CC21.Cc1ccccc1N1c2ncccc2N2c3ccc(C(C)(C)C)cc3CC21.Cc1ccccc1N1c2nccnc2N2c3ccc(C(C)(C)C)cc3CC12. The molecule has 20 rings (SSSR count). The Bertz CT molecular complexity index is 5050. The van der Waals surface area contributed by atoms with E-state index in [9.17, 15) is 0 Å². The Morgan fingerprint density at radius 3 is 0.843 bits per heavy atom.